The Morgan fingerprint density at radius 3 is 3.00 bits per heavy atom. The van der Waals surface area contributed by atoms with Gasteiger partial charge in [0, 0.05) is 6.54 Å². The average molecular weight is 243 g/mol. The average Bonchev–Trinajstić information content (AvgIpc) is 2.61. The summed E-state index contributed by atoms with van der Waals surface area (Å²) in [7, 11) is -3.12. The molecule has 0 amide bonds. The maximum atomic E-state index is 12.0. The van der Waals surface area contributed by atoms with Crippen molar-refractivity contribution >= 4 is 10.0 Å². The Balaban J connectivity index is 2.14. The monoisotopic (exact) mass is 243 g/mol. The molecule has 0 spiro atoms. The van der Waals surface area contributed by atoms with E-state index in [1.54, 1.807) is 10.5 Å². The van der Waals surface area contributed by atoms with Crippen LogP contribution in [-0.4, -0.2) is 35.2 Å². The lowest BCUT2D eigenvalue weighted by atomic mass is 10.1. The van der Waals surface area contributed by atoms with Crippen LogP contribution in [-0.2, 0) is 23.0 Å². The molecule has 2 heterocycles. The summed E-state index contributed by atoms with van der Waals surface area (Å²) in [5, 5.41) is 6.79. The van der Waals surface area contributed by atoms with Gasteiger partial charge in [-0.05, 0) is 17.9 Å². The molecule has 0 saturated heterocycles. The predicted octanol–water partition coefficient (Wildman–Crippen LogP) is 0.754. The Morgan fingerprint density at radius 2 is 2.31 bits per heavy atom. The van der Waals surface area contributed by atoms with Crippen LogP contribution < -0.4 is 0 Å². The summed E-state index contributed by atoms with van der Waals surface area (Å²) in [5.41, 5.74) is 2.06. The van der Waals surface area contributed by atoms with E-state index in [2.05, 4.69) is 10.2 Å². The third-order valence-corrected chi connectivity index (χ3v) is 4.90. The minimum atomic E-state index is -3.12. The van der Waals surface area contributed by atoms with Crippen molar-refractivity contribution in [2.75, 3.05) is 12.3 Å². The zero-order valence-corrected chi connectivity index (χ0v) is 10.4. The molecule has 1 N–H and O–H groups in total. The van der Waals surface area contributed by atoms with E-state index in [0.717, 1.165) is 17.7 Å². The molecule has 0 fully saturated rings. The first-order valence-electron chi connectivity index (χ1n) is 5.48. The quantitative estimate of drug-likeness (QED) is 0.852. The van der Waals surface area contributed by atoms with E-state index in [4.69, 9.17) is 0 Å². The largest absolute Gasteiger partial charge is 0.281 e. The smallest absolute Gasteiger partial charge is 0.214 e. The van der Waals surface area contributed by atoms with Gasteiger partial charge in [-0.1, -0.05) is 13.8 Å². The molecular weight excluding hydrogens is 226 g/mol. The van der Waals surface area contributed by atoms with Crippen LogP contribution in [0.4, 0.5) is 0 Å². The number of hydrogen-bond acceptors (Lipinski definition) is 3. The van der Waals surface area contributed by atoms with Crippen LogP contribution in [0.25, 0.3) is 0 Å². The van der Waals surface area contributed by atoms with Gasteiger partial charge in [0.15, 0.2) is 0 Å². The summed E-state index contributed by atoms with van der Waals surface area (Å²) in [6, 6.07) is 0. The Bertz CT molecular complexity index is 464. The van der Waals surface area contributed by atoms with Crippen molar-refractivity contribution in [3.05, 3.63) is 17.5 Å². The van der Waals surface area contributed by atoms with Gasteiger partial charge in [-0.2, -0.15) is 9.40 Å². The lowest BCUT2D eigenvalue weighted by Gasteiger charge is -2.26. The molecule has 0 unspecified atom stereocenters. The highest BCUT2D eigenvalue weighted by atomic mass is 32.2. The summed E-state index contributed by atoms with van der Waals surface area (Å²) >= 11 is 0. The molecule has 6 heteroatoms. The Labute approximate surface area is 95.9 Å². The van der Waals surface area contributed by atoms with E-state index in [1.165, 1.54) is 0 Å². The van der Waals surface area contributed by atoms with Crippen LogP contribution >= 0.6 is 0 Å². The summed E-state index contributed by atoms with van der Waals surface area (Å²) in [4.78, 5) is 0. The van der Waals surface area contributed by atoms with Crippen LogP contribution in [0.15, 0.2) is 6.20 Å². The standard InChI is InChI=1S/C10H17N3O2S/c1-8(2)7-16(14,15)13-4-3-9-5-11-12-10(9)6-13/h5,8H,3-4,6-7H2,1-2H3,(H,11,12). The van der Waals surface area contributed by atoms with Crippen molar-refractivity contribution in [1.29, 1.82) is 0 Å². The number of sulfonamides is 1. The molecule has 0 atom stereocenters. The van der Waals surface area contributed by atoms with Gasteiger partial charge in [-0.25, -0.2) is 8.42 Å². The van der Waals surface area contributed by atoms with Crippen molar-refractivity contribution in [2.24, 2.45) is 5.92 Å². The molecule has 0 bridgehead atoms. The molecule has 0 radical (unpaired) electrons. The Kier molecular flexibility index (Phi) is 3.03. The van der Waals surface area contributed by atoms with E-state index in [1.807, 2.05) is 13.8 Å². The highest BCUT2D eigenvalue weighted by molar-refractivity contribution is 7.89. The fraction of sp³-hybridized carbons (Fsp3) is 0.700. The second-order valence-electron chi connectivity index (χ2n) is 4.63. The van der Waals surface area contributed by atoms with Gasteiger partial charge in [-0.15, -0.1) is 0 Å². The number of nitrogens with zero attached hydrogens (tertiary/aromatic N) is 2. The first-order chi connectivity index (χ1) is 7.49. The van der Waals surface area contributed by atoms with Gasteiger partial charge < -0.3 is 0 Å². The molecule has 1 aliphatic rings. The van der Waals surface area contributed by atoms with Gasteiger partial charge in [0.05, 0.1) is 24.2 Å². The minimum absolute atomic E-state index is 0.160. The van der Waals surface area contributed by atoms with Crippen molar-refractivity contribution in [3.63, 3.8) is 0 Å². The lowest BCUT2D eigenvalue weighted by Crippen LogP contribution is -2.38. The summed E-state index contributed by atoms with van der Waals surface area (Å²) in [6.45, 7) is 4.85. The van der Waals surface area contributed by atoms with Gasteiger partial charge in [0.25, 0.3) is 0 Å². The van der Waals surface area contributed by atoms with Gasteiger partial charge in [0.2, 0.25) is 10.0 Å². The number of aromatic amines is 1. The van der Waals surface area contributed by atoms with E-state index in [-0.39, 0.29) is 11.7 Å². The highest BCUT2D eigenvalue weighted by Crippen LogP contribution is 2.19. The van der Waals surface area contributed by atoms with E-state index in [0.29, 0.717) is 13.1 Å². The highest BCUT2D eigenvalue weighted by Gasteiger charge is 2.27. The maximum absolute atomic E-state index is 12.0. The zero-order valence-electron chi connectivity index (χ0n) is 9.60. The van der Waals surface area contributed by atoms with Gasteiger partial charge in [-0.3, -0.25) is 5.10 Å². The Morgan fingerprint density at radius 1 is 1.56 bits per heavy atom. The second kappa shape index (κ2) is 4.18. The van der Waals surface area contributed by atoms with Crippen LogP contribution in [0.3, 0.4) is 0 Å². The maximum Gasteiger partial charge on any atom is 0.214 e. The molecule has 90 valence electrons. The molecule has 16 heavy (non-hydrogen) atoms. The van der Waals surface area contributed by atoms with Gasteiger partial charge in [0.1, 0.15) is 0 Å². The SMILES string of the molecule is CC(C)CS(=O)(=O)N1CCc2cn[nH]c2C1. The van der Waals surface area contributed by atoms with Crippen molar-refractivity contribution in [1.82, 2.24) is 14.5 Å². The van der Waals surface area contributed by atoms with Crippen LogP contribution in [0.5, 0.6) is 0 Å². The summed E-state index contributed by atoms with van der Waals surface area (Å²) in [6.07, 6.45) is 2.53. The normalized spacial score (nSPS) is 17.7. The molecule has 0 aliphatic carbocycles. The van der Waals surface area contributed by atoms with Crippen molar-refractivity contribution in [2.45, 2.75) is 26.8 Å². The fourth-order valence-corrected chi connectivity index (χ4v) is 3.70. The molecular formula is C10H17N3O2S. The Hall–Kier alpha value is -0.880. The number of nitrogens with one attached hydrogen (secondary N) is 1. The number of aromatic nitrogens is 2. The first kappa shape index (κ1) is 11.6. The molecule has 5 nitrogen and oxygen atoms in total. The number of rotatable bonds is 3. The first-order valence-corrected chi connectivity index (χ1v) is 7.09. The molecule has 1 aromatic rings. The molecule has 1 aromatic heterocycles. The van der Waals surface area contributed by atoms with E-state index >= 15 is 0 Å². The lowest BCUT2D eigenvalue weighted by molar-refractivity contribution is 0.384. The van der Waals surface area contributed by atoms with Crippen molar-refractivity contribution in [3.8, 4) is 0 Å². The number of fused-ring (bicyclic) bond motifs is 1. The van der Waals surface area contributed by atoms with Crippen molar-refractivity contribution < 1.29 is 8.42 Å². The minimum Gasteiger partial charge on any atom is -0.281 e. The molecule has 1 aliphatic heterocycles. The second-order valence-corrected chi connectivity index (χ2v) is 6.64. The zero-order chi connectivity index (χ0) is 11.8. The van der Waals surface area contributed by atoms with Gasteiger partial charge >= 0.3 is 0 Å². The van der Waals surface area contributed by atoms with Crippen LogP contribution in [0.2, 0.25) is 0 Å². The predicted molar refractivity (Wildman–Crippen MR) is 61.3 cm³/mol. The van der Waals surface area contributed by atoms with Crippen LogP contribution in [0.1, 0.15) is 25.1 Å². The number of hydrogen-bond donors (Lipinski definition) is 1. The molecule has 2 rings (SSSR count). The third-order valence-electron chi connectivity index (χ3n) is 2.71. The topological polar surface area (TPSA) is 66.1 Å². The van der Waals surface area contributed by atoms with Crippen LogP contribution in [0, 0.1) is 5.92 Å². The summed E-state index contributed by atoms with van der Waals surface area (Å²) in [5.74, 6) is 0.379. The molecule has 0 saturated carbocycles. The number of H-pyrrole nitrogens is 1. The molecule has 0 aromatic carbocycles. The summed E-state index contributed by atoms with van der Waals surface area (Å²) < 4.78 is 25.6. The fourth-order valence-electron chi connectivity index (χ4n) is 1.95. The third kappa shape index (κ3) is 2.27. The van der Waals surface area contributed by atoms with E-state index < -0.39 is 10.0 Å². The van der Waals surface area contributed by atoms with E-state index in [9.17, 15) is 8.42 Å².